The van der Waals surface area contributed by atoms with Gasteiger partial charge in [-0.15, -0.1) is 0 Å². The van der Waals surface area contributed by atoms with Crippen LogP contribution in [0.15, 0.2) is 18.2 Å². The Kier molecular flexibility index (Phi) is 4.71. The third-order valence-corrected chi connectivity index (χ3v) is 5.12. The van der Waals surface area contributed by atoms with Crippen LogP contribution in [0.25, 0.3) is 0 Å². The number of nitrogens with zero attached hydrogens (tertiary/aromatic N) is 2. The van der Waals surface area contributed by atoms with Gasteiger partial charge >= 0.3 is 12.1 Å². The van der Waals surface area contributed by atoms with Gasteiger partial charge in [-0.05, 0) is 19.1 Å². The van der Waals surface area contributed by atoms with Crippen LogP contribution in [0, 0.1) is 0 Å². The maximum atomic E-state index is 12.6. The van der Waals surface area contributed by atoms with Crippen molar-refractivity contribution in [3.8, 4) is 11.5 Å². The van der Waals surface area contributed by atoms with E-state index in [2.05, 4.69) is 15.6 Å². The van der Waals surface area contributed by atoms with Gasteiger partial charge in [-0.3, -0.25) is 5.32 Å². The zero-order chi connectivity index (χ0) is 18.8. The summed E-state index contributed by atoms with van der Waals surface area (Å²) in [5, 5.41) is 5.97. The van der Waals surface area contributed by atoms with Crippen molar-refractivity contribution in [2.24, 2.45) is 0 Å². The predicted octanol–water partition coefficient (Wildman–Crippen LogP) is 3.03. The van der Waals surface area contributed by atoms with Gasteiger partial charge in [0.05, 0.1) is 18.8 Å². The van der Waals surface area contributed by atoms with E-state index in [9.17, 15) is 9.59 Å². The maximum Gasteiger partial charge on any atom is 0.413 e. The fourth-order valence-corrected chi connectivity index (χ4v) is 3.86. The van der Waals surface area contributed by atoms with Crippen LogP contribution in [0.4, 0.5) is 20.4 Å². The third kappa shape index (κ3) is 3.75. The molecule has 4 rings (SSSR count). The lowest BCUT2D eigenvalue weighted by Crippen LogP contribution is -2.38. The van der Waals surface area contributed by atoms with E-state index in [0.29, 0.717) is 48.4 Å². The number of anilines is 2. The van der Waals surface area contributed by atoms with E-state index in [1.165, 1.54) is 11.3 Å². The number of rotatable bonds is 3. The standard InChI is InChI=1S/C17H18N4O5S/c1-2-24-17(23)20-15-19-11-5-6-21(8-14(11)27-15)16(22)18-10-3-4-12-13(7-10)26-9-25-12/h3-4,7H,2,5-6,8-9H2,1H3,(H,18,22)(H,19,20,23). The highest BCUT2D eigenvalue weighted by atomic mass is 32.1. The number of carbonyl (C=O) groups excluding carboxylic acids is 2. The van der Waals surface area contributed by atoms with E-state index in [1.54, 1.807) is 30.0 Å². The van der Waals surface area contributed by atoms with Crippen LogP contribution in [0.5, 0.6) is 11.5 Å². The van der Waals surface area contributed by atoms with Crippen molar-refractivity contribution in [2.75, 3.05) is 30.6 Å². The molecular weight excluding hydrogens is 372 g/mol. The van der Waals surface area contributed by atoms with E-state index >= 15 is 0 Å². The molecule has 3 heterocycles. The fourth-order valence-electron chi connectivity index (χ4n) is 2.85. The van der Waals surface area contributed by atoms with Crippen molar-refractivity contribution in [3.63, 3.8) is 0 Å². The van der Waals surface area contributed by atoms with Crippen molar-refractivity contribution in [2.45, 2.75) is 19.9 Å². The minimum atomic E-state index is -0.527. The first-order valence-electron chi connectivity index (χ1n) is 8.50. The summed E-state index contributed by atoms with van der Waals surface area (Å²) >= 11 is 1.35. The highest BCUT2D eigenvalue weighted by Gasteiger charge is 2.25. The molecule has 0 bridgehead atoms. The molecule has 0 saturated heterocycles. The van der Waals surface area contributed by atoms with Crippen LogP contribution in [0.3, 0.4) is 0 Å². The summed E-state index contributed by atoms with van der Waals surface area (Å²) in [4.78, 5) is 31.2. The summed E-state index contributed by atoms with van der Waals surface area (Å²) in [6.07, 6.45) is 0.103. The van der Waals surface area contributed by atoms with Crippen LogP contribution in [0.1, 0.15) is 17.5 Å². The Morgan fingerprint density at radius 1 is 1.30 bits per heavy atom. The molecular formula is C17H18N4O5S. The molecule has 2 aromatic rings. The van der Waals surface area contributed by atoms with Crippen molar-refractivity contribution >= 4 is 34.3 Å². The number of urea groups is 1. The van der Waals surface area contributed by atoms with Crippen LogP contribution in [-0.4, -0.2) is 42.0 Å². The second-order valence-electron chi connectivity index (χ2n) is 5.90. The Bertz CT molecular complexity index is 884. The van der Waals surface area contributed by atoms with Gasteiger partial charge in [-0.1, -0.05) is 11.3 Å². The number of nitrogens with one attached hydrogen (secondary N) is 2. The molecule has 0 fully saturated rings. The largest absolute Gasteiger partial charge is 0.454 e. The predicted molar refractivity (Wildman–Crippen MR) is 98.5 cm³/mol. The zero-order valence-corrected chi connectivity index (χ0v) is 15.4. The van der Waals surface area contributed by atoms with Gasteiger partial charge < -0.3 is 24.4 Å². The molecule has 3 amide bonds. The lowest BCUT2D eigenvalue weighted by Gasteiger charge is -2.26. The Balaban J connectivity index is 1.39. The minimum Gasteiger partial charge on any atom is -0.454 e. The Hall–Kier alpha value is -3.01. The number of hydrogen-bond donors (Lipinski definition) is 2. The highest BCUT2D eigenvalue weighted by molar-refractivity contribution is 7.15. The van der Waals surface area contributed by atoms with E-state index < -0.39 is 6.09 Å². The number of hydrogen-bond acceptors (Lipinski definition) is 7. The number of fused-ring (bicyclic) bond motifs is 2. The van der Waals surface area contributed by atoms with E-state index in [4.69, 9.17) is 14.2 Å². The number of thiazole rings is 1. The Labute approximate surface area is 159 Å². The summed E-state index contributed by atoms with van der Waals surface area (Å²) in [5.41, 5.74) is 1.54. The summed E-state index contributed by atoms with van der Waals surface area (Å²) in [5.74, 6) is 1.28. The second-order valence-corrected chi connectivity index (χ2v) is 6.99. The smallest absolute Gasteiger partial charge is 0.413 e. The number of amides is 3. The van der Waals surface area contributed by atoms with Gasteiger partial charge in [0.15, 0.2) is 16.6 Å². The molecule has 0 atom stereocenters. The molecule has 0 saturated carbocycles. The number of aromatic nitrogens is 1. The molecule has 0 spiro atoms. The highest BCUT2D eigenvalue weighted by Crippen LogP contribution is 2.34. The molecule has 142 valence electrons. The molecule has 0 aliphatic carbocycles. The fraction of sp³-hybridized carbons (Fsp3) is 0.353. The molecule has 2 N–H and O–H groups in total. The average Bonchev–Trinajstić information content (AvgIpc) is 3.26. The molecule has 0 radical (unpaired) electrons. The van der Waals surface area contributed by atoms with Gasteiger partial charge in [-0.25, -0.2) is 14.6 Å². The van der Waals surface area contributed by atoms with E-state index in [1.807, 2.05) is 0 Å². The zero-order valence-electron chi connectivity index (χ0n) is 14.6. The van der Waals surface area contributed by atoms with Crippen molar-refractivity contribution in [1.29, 1.82) is 0 Å². The van der Waals surface area contributed by atoms with Gasteiger partial charge in [-0.2, -0.15) is 0 Å². The number of carbonyl (C=O) groups is 2. The summed E-state index contributed by atoms with van der Waals surface area (Å²) in [7, 11) is 0. The van der Waals surface area contributed by atoms with Gasteiger partial charge in [0.2, 0.25) is 6.79 Å². The number of benzene rings is 1. The molecule has 2 aliphatic heterocycles. The minimum absolute atomic E-state index is 0.190. The van der Waals surface area contributed by atoms with Crippen LogP contribution >= 0.6 is 11.3 Å². The molecule has 9 nitrogen and oxygen atoms in total. The topological polar surface area (TPSA) is 102 Å². The van der Waals surface area contributed by atoms with E-state index in [0.717, 1.165) is 10.6 Å². The Morgan fingerprint density at radius 2 is 2.15 bits per heavy atom. The van der Waals surface area contributed by atoms with Crippen LogP contribution < -0.4 is 20.1 Å². The monoisotopic (exact) mass is 390 g/mol. The molecule has 27 heavy (non-hydrogen) atoms. The number of ether oxygens (including phenoxy) is 3. The molecule has 0 unspecified atom stereocenters. The SMILES string of the molecule is CCOC(=O)Nc1nc2c(s1)CN(C(=O)Nc1ccc3c(c1)OCO3)CC2. The molecule has 2 aliphatic rings. The van der Waals surface area contributed by atoms with Crippen molar-refractivity contribution in [1.82, 2.24) is 9.88 Å². The quantitative estimate of drug-likeness (QED) is 0.835. The van der Waals surface area contributed by atoms with E-state index in [-0.39, 0.29) is 12.8 Å². The van der Waals surface area contributed by atoms with Gasteiger partial charge in [0.25, 0.3) is 0 Å². The Morgan fingerprint density at radius 3 is 3.00 bits per heavy atom. The summed E-state index contributed by atoms with van der Waals surface area (Å²) in [6.45, 7) is 3.21. The summed E-state index contributed by atoms with van der Waals surface area (Å²) in [6, 6.07) is 5.08. The van der Waals surface area contributed by atoms with Gasteiger partial charge in [0, 0.05) is 29.6 Å². The average molecular weight is 390 g/mol. The normalized spacial score (nSPS) is 14.5. The third-order valence-electron chi connectivity index (χ3n) is 4.13. The lowest BCUT2D eigenvalue weighted by molar-refractivity contribution is 0.168. The van der Waals surface area contributed by atoms with Crippen LogP contribution in [-0.2, 0) is 17.7 Å². The molecule has 1 aromatic carbocycles. The maximum absolute atomic E-state index is 12.6. The first-order valence-corrected chi connectivity index (χ1v) is 9.32. The van der Waals surface area contributed by atoms with Gasteiger partial charge in [0.1, 0.15) is 0 Å². The second kappa shape index (κ2) is 7.31. The van der Waals surface area contributed by atoms with Crippen molar-refractivity contribution in [3.05, 3.63) is 28.8 Å². The molecule has 1 aromatic heterocycles. The molecule has 10 heteroatoms. The van der Waals surface area contributed by atoms with Crippen molar-refractivity contribution < 1.29 is 23.8 Å². The summed E-state index contributed by atoms with van der Waals surface area (Å²) < 4.78 is 15.5. The first kappa shape index (κ1) is 17.4. The van der Waals surface area contributed by atoms with Crippen LogP contribution in [0.2, 0.25) is 0 Å². The lowest BCUT2D eigenvalue weighted by atomic mass is 10.2. The first-order chi connectivity index (χ1) is 13.1.